The molecule has 19 heavy (non-hydrogen) atoms. The van der Waals surface area contributed by atoms with Crippen molar-refractivity contribution in [3.05, 3.63) is 23.8 Å². The number of benzene rings is 1. The zero-order valence-corrected chi connectivity index (χ0v) is 12.3. The summed E-state index contributed by atoms with van der Waals surface area (Å²) in [5.74, 6) is -1.01. The minimum Gasteiger partial charge on any atom is -0.399 e. The Bertz CT molecular complexity index is 567. The molecular formula is C13H20N2O3S. The van der Waals surface area contributed by atoms with E-state index in [0.29, 0.717) is 17.8 Å². The highest BCUT2D eigenvalue weighted by molar-refractivity contribution is 7.92. The van der Waals surface area contributed by atoms with Gasteiger partial charge >= 0.3 is 0 Å². The second kappa shape index (κ2) is 6.06. The van der Waals surface area contributed by atoms with E-state index >= 15 is 0 Å². The van der Waals surface area contributed by atoms with Crippen molar-refractivity contribution in [3.8, 4) is 0 Å². The van der Waals surface area contributed by atoms with Gasteiger partial charge in [0.2, 0.25) is 5.91 Å². The number of carbonyl (C=O) groups is 1. The molecule has 1 amide bonds. The van der Waals surface area contributed by atoms with Gasteiger partial charge in [0.15, 0.2) is 9.84 Å². The molecule has 1 unspecified atom stereocenters. The van der Waals surface area contributed by atoms with E-state index in [0.717, 1.165) is 5.56 Å². The molecule has 3 N–H and O–H groups in total. The summed E-state index contributed by atoms with van der Waals surface area (Å²) in [6.45, 7) is 5.19. The highest BCUT2D eigenvalue weighted by Gasteiger charge is 2.23. The third-order valence-electron chi connectivity index (χ3n) is 3.04. The van der Waals surface area contributed by atoms with Crippen LogP contribution in [0.25, 0.3) is 0 Å². The first-order chi connectivity index (χ1) is 8.76. The summed E-state index contributed by atoms with van der Waals surface area (Å²) in [5.41, 5.74) is 7.59. The van der Waals surface area contributed by atoms with Crippen LogP contribution in [0.1, 0.15) is 25.8 Å². The molecule has 6 heteroatoms. The first-order valence-electron chi connectivity index (χ1n) is 6.13. The van der Waals surface area contributed by atoms with E-state index in [2.05, 4.69) is 5.32 Å². The summed E-state index contributed by atoms with van der Waals surface area (Å²) < 4.78 is 23.6. The van der Waals surface area contributed by atoms with Gasteiger partial charge in [-0.15, -0.1) is 0 Å². The van der Waals surface area contributed by atoms with E-state index in [-0.39, 0.29) is 0 Å². The van der Waals surface area contributed by atoms with Gasteiger partial charge in [0.05, 0.1) is 5.25 Å². The topological polar surface area (TPSA) is 89.3 Å². The molecular weight excluding hydrogens is 264 g/mol. The molecule has 0 aromatic heterocycles. The molecule has 1 aromatic carbocycles. The first kappa shape index (κ1) is 15.5. The number of hydrogen-bond acceptors (Lipinski definition) is 4. The number of aryl methyl sites for hydroxylation is 1. The molecule has 0 heterocycles. The van der Waals surface area contributed by atoms with Gasteiger partial charge in [-0.1, -0.05) is 6.92 Å². The molecule has 0 aliphatic heterocycles. The largest absolute Gasteiger partial charge is 0.399 e. The summed E-state index contributed by atoms with van der Waals surface area (Å²) in [7, 11) is -3.39. The van der Waals surface area contributed by atoms with Gasteiger partial charge in [0.1, 0.15) is 5.75 Å². The van der Waals surface area contributed by atoms with Crippen LogP contribution in [0.2, 0.25) is 0 Å². The average molecular weight is 284 g/mol. The van der Waals surface area contributed by atoms with Crippen LogP contribution >= 0.6 is 0 Å². The number of nitrogens with two attached hydrogens (primary N) is 1. The van der Waals surface area contributed by atoms with Gasteiger partial charge in [-0.05, 0) is 44.0 Å². The number of carbonyl (C=O) groups excluding carboxylic acids is 1. The number of rotatable bonds is 5. The maximum Gasteiger partial charge on any atom is 0.239 e. The number of anilines is 2. The van der Waals surface area contributed by atoms with Crippen LogP contribution in [-0.4, -0.2) is 25.3 Å². The Kier molecular flexibility index (Phi) is 4.94. The van der Waals surface area contributed by atoms with Crippen LogP contribution in [0.3, 0.4) is 0 Å². The molecule has 5 nitrogen and oxygen atoms in total. The maximum absolute atomic E-state index is 11.8. The molecule has 0 fully saturated rings. The van der Waals surface area contributed by atoms with E-state index in [9.17, 15) is 13.2 Å². The van der Waals surface area contributed by atoms with Crippen molar-refractivity contribution >= 4 is 27.1 Å². The van der Waals surface area contributed by atoms with E-state index in [1.165, 1.54) is 0 Å². The summed E-state index contributed by atoms with van der Waals surface area (Å²) >= 11 is 0. The standard InChI is InChI=1S/C13H20N2O3S/c1-4-10(3)19(17,18)8-13(16)15-12-6-5-11(14)7-9(12)2/h5-7,10H,4,8,14H2,1-3H3,(H,15,16). The Morgan fingerprint density at radius 3 is 2.58 bits per heavy atom. The predicted molar refractivity (Wildman–Crippen MR) is 77.8 cm³/mol. The van der Waals surface area contributed by atoms with E-state index < -0.39 is 26.7 Å². The summed E-state index contributed by atoms with van der Waals surface area (Å²) in [5, 5.41) is 2.09. The molecule has 0 aliphatic rings. The van der Waals surface area contributed by atoms with Gasteiger partial charge in [0, 0.05) is 11.4 Å². The van der Waals surface area contributed by atoms with Crippen molar-refractivity contribution in [2.45, 2.75) is 32.4 Å². The highest BCUT2D eigenvalue weighted by atomic mass is 32.2. The van der Waals surface area contributed by atoms with Gasteiger partial charge < -0.3 is 11.1 Å². The van der Waals surface area contributed by atoms with E-state index in [1.807, 2.05) is 0 Å². The number of sulfone groups is 1. The normalized spacial score (nSPS) is 13.0. The fourth-order valence-electron chi connectivity index (χ4n) is 1.59. The Labute approximate surface area is 114 Å². The zero-order chi connectivity index (χ0) is 14.6. The molecule has 0 spiro atoms. The van der Waals surface area contributed by atoms with E-state index in [4.69, 9.17) is 5.73 Å². The van der Waals surface area contributed by atoms with Crippen molar-refractivity contribution in [3.63, 3.8) is 0 Å². The van der Waals surface area contributed by atoms with Crippen LogP contribution in [0.15, 0.2) is 18.2 Å². The van der Waals surface area contributed by atoms with Gasteiger partial charge in [0.25, 0.3) is 0 Å². The van der Waals surface area contributed by atoms with Gasteiger partial charge in [-0.25, -0.2) is 8.42 Å². The van der Waals surface area contributed by atoms with Crippen molar-refractivity contribution in [2.24, 2.45) is 0 Å². The van der Waals surface area contributed by atoms with Crippen molar-refractivity contribution < 1.29 is 13.2 Å². The summed E-state index contributed by atoms with van der Waals surface area (Å²) in [6, 6.07) is 5.04. The third-order valence-corrected chi connectivity index (χ3v) is 5.27. The highest BCUT2D eigenvalue weighted by Crippen LogP contribution is 2.18. The Morgan fingerprint density at radius 2 is 2.05 bits per heavy atom. The van der Waals surface area contributed by atoms with Crippen LogP contribution in [-0.2, 0) is 14.6 Å². The van der Waals surface area contributed by atoms with Crippen LogP contribution in [0.5, 0.6) is 0 Å². The Hall–Kier alpha value is -1.56. The molecule has 106 valence electrons. The maximum atomic E-state index is 11.8. The van der Waals surface area contributed by atoms with Crippen LogP contribution < -0.4 is 11.1 Å². The molecule has 1 atom stereocenters. The summed E-state index contributed by atoms with van der Waals surface area (Å²) in [6.07, 6.45) is 0.497. The van der Waals surface area contributed by atoms with Crippen molar-refractivity contribution in [1.29, 1.82) is 0 Å². The quantitative estimate of drug-likeness (QED) is 0.806. The van der Waals surface area contributed by atoms with Gasteiger partial charge in [-0.3, -0.25) is 4.79 Å². The minimum absolute atomic E-state index is 0.494. The monoisotopic (exact) mass is 284 g/mol. The number of nitrogen functional groups attached to an aromatic ring is 1. The lowest BCUT2D eigenvalue weighted by Crippen LogP contribution is -2.29. The van der Waals surface area contributed by atoms with E-state index in [1.54, 1.807) is 39.0 Å². The lowest BCUT2D eigenvalue weighted by atomic mass is 10.2. The summed E-state index contributed by atoms with van der Waals surface area (Å²) in [4.78, 5) is 11.8. The fourth-order valence-corrected chi connectivity index (χ4v) is 2.82. The number of amides is 1. The molecule has 1 rings (SSSR count). The lowest BCUT2D eigenvalue weighted by molar-refractivity contribution is -0.113. The minimum atomic E-state index is -3.39. The smallest absolute Gasteiger partial charge is 0.239 e. The molecule has 0 saturated heterocycles. The number of nitrogens with one attached hydrogen (secondary N) is 1. The molecule has 0 aliphatic carbocycles. The van der Waals surface area contributed by atoms with Crippen molar-refractivity contribution in [2.75, 3.05) is 16.8 Å². The molecule has 0 radical (unpaired) electrons. The number of hydrogen-bond donors (Lipinski definition) is 2. The Balaban J connectivity index is 2.76. The first-order valence-corrected chi connectivity index (χ1v) is 7.85. The Morgan fingerprint density at radius 1 is 1.42 bits per heavy atom. The molecule has 0 saturated carbocycles. The predicted octanol–water partition coefficient (Wildman–Crippen LogP) is 1.73. The van der Waals surface area contributed by atoms with Crippen LogP contribution in [0, 0.1) is 6.92 Å². The lowest BCUT2D eigenvalue weighted by Gasteiger charge is -2.12. The van der Waals surface area contributed by atoms with Crippen molar-refractivity contribution in [1.82, 2.24) is 0 Å². The second-order valence-corrected chi connectivity index (χ2v) is 7.07. The molecule has 0 bridgehead atoms. The molecule has 1 aromatic rings. The van der Waals surface area contributed by atoms with Crippen LogP contribution in [0.4, 0.5) is 11.4 Å². The fraction of sp³-hybridized carbons (Fsp3) is 0.462. The zero-order valence-electron chi connectivity index (χ0n) is 11.4. The second-order valence-electron chi connectivity index (χ2n) is 4.65. The SMILES string of the molecule is CCC(C)S(=O)(=O)CC(=O)Nc1ccc(N)cc1C. The van der Waals surface area contributed by atoms with Gasteiger partial charge in [-0.2, -0.15) is 0 Å². The third kappa shape index (κ3) is 4.24. The average Bonchev–Trinajstić information content (AvgIpc) is 2.31.